The number of aromatic nitrogens is 2. The second kappa shape index (κ2) is 9.11. The number of nitrogens with zero attached hydrogens (tertiary/aromatic N) is 2. The van der Waals surface area contributed by atoms with Crippen LogP contribution >= 0.6 is 27.3 Å². The molecule has 2 amide bonds. The standard InChI is InChI=1S/C19H19BrN4O3S/c1-2-3-6-11-24-19(27)13-8-5-4-7-12(13)16(23-24)18(26)22-21-17(25)14-9-10-15(20)28-14/h4-5,7-10H,2-3,6,11H2,1H3,(H,21,25)(H,22,26). The summed E-state index contributed by atoms with van der Waals surface area (Å²) in [4.78, 5) is 37.9. The van der Waals surface area contributed by atoms with Gasteiger partial charge in [0.05, 0.1) is 14.0 Å². The van der Waals surface area contributed by atoms with Crippen LogP contribution in [-0.2, 0) is 6.54 Å². The fraction of sp³-hybridized carbons (Fsp3) is 0.263. The molecular weight excluding hydrogens is 444 g/mol. The van der Waals surface area contributed by atoms with E-state index in [9.17, 15) is 14.4 Å². The Labute approximate surface area is 173 Å². The SMILES string of the molecule is CCCCCn1nc(C(=O)NNC(=O)c2ccc(Br)s2)c2ccccc2c1=O. The summed E-state index contributed by atoms with van der Waals surface area (Å²) in [5.74, 6) is -1.01. The zero-order valence-corrected chi connectivity index (χ0v) is 17.6. The minimum Gasteiger partial charge on any atom is -0.267 e. The predicted octanol–water partition coefficient (Wildman–Crippen LogP) is 3.49. The summed E-state index contributed by atoms with van der Waals surface area (Å²) in [6, 6.07) is 10.2. The van der Waals surface area contributed by atoms with Crippen molar-refractivity contribution >= 4 is 49.9 Å². The van der Waals surface area contributed by atoms with E-state index in [2.05, 4.69) is 38.8 Å². The lowest BCUT2D eigenvalue weighted by atomic mass is 10.1. The first-order chi connectivity index (χ1) is 13.5. The number of fused-ring (bicyclic) bond motifs is 1. The summed E-state index contributed by atoms with van der Waals surface area (Å²) in [7, 11) is 0. The van der Waals surface area contributed by atoms with Gasteiger partial charge in [-0.3, -0.25) is 25.2 Å². The molecule has 0 saturated heterocycles. The lowest BCUT2D eigenvalue weighted by Gasteiger charge is -2.11. The topological polar surface area (TPSA) is 93.1 Å². The van der Waals surface area contributed by atoms with Crippen molar-refractivity contribution in [2.24, 2.45) is 0 Å². The number of amides is 2. The molecule has 0 aliphatic rings. The largest absolute Gasteiger partial charge is 0.290 e. The third kappa shape index (κ3) is 4.48. The first kappa shape index (κ1) is 20.2. The van der Waals surface area contributed by atoms with Gasteiger partial charge in [0.15, 0.2) is 5.69 Å². The van der Waals surface area contributed by atoms with Gasteiger partial charge in [0.2, 0.25) is 0 Å². The van der Waals surface area contributed by atoms with Gasteiger partial charge in [0.25, 0.3) is 17.4 Å². The Morgan fingerprint density at radius 3 is 2.46 bits per heavy atom. The Morgan fingerprint density at radius 1 is 1.07 bits per heavy atom. The molecule has 3 rings (SSSR count). The zero-order valence-electron chi connectivity index (χ0n) is 15.2. The van der Waals surface area contributed by atoms with Crippen molar-refractivity contribution in [1.29, 1.82) is 0 Å². The Kier molecular flexibility index (Phi) is 6.58. The van der Waals surface area contributed by atoms with Crippen molar-refractivity contribution in [3.8, 4) is 0 Å². The van der Waals surface area contributed by atoms with Crippen molar-refractivity contribution in [2.75, 3.05) is 0 Å². The number of benzene rings is 1. The maximum absolute atomic E-state index is 12.7. The molecule has 0 atom stereocenters. The highest BCUT2D eigenvalue weighted by atomic mass is 79.9. The fourth-order valence-electron chi connectivity index (χ4n) is 2.74. The minimum atomic E-state index is -0.579. The number of unbranched alkanes of at least 4 members (excludes halogenated alkanes) is 2. The molecule has 0 unspecified atom stereocenters. The smallest absolute Gasteiger partial charge is 0.267 e. The molecule has 0 spiro atoms. The van der Waals surface area contributed by atoms with Crippen molar-refractivity contribution in [3.05, 3.63) is 61.1 Å². The molecule has 0 radical (unpaired) electrons. The van der Waals surface area contributed by atoms with Crippen molar-refractivity contribution < 1.29 is 9.59 Å². The number of carbonyl (C=O) groups excluding carboxylic acids is 2. The third-order valence-electron chi connectivity index (χ3n) is 4.14. The molecule has 3 aromatic rings. The molecule has 0 aliphatic carbocycles. The van der Waals surface area contributed by atoms with Crippen LogP contribution in [0.2, 0.25) is 0 Å². The predicted molar refractivity (Wildman–Crippen MR) is 112 cm³/mol. The third-order valence-corrected chi connectivity index (χ3v) is 5.77. The summed E-state index contributed by atoms with van der Waals surface area (Å²) in [5.41, 5.74) is 4.64. The lowest BCUT2D eigenvalue weighted by molar-refractivity contribution is 0.0845. The summed E-state index contributed by atoms with van der Waals surface area (Å²) >= 11 is 4.55. The van der Waals surface area contributed by atoms with Crippen molar-refractivity contribution in [3.63, 3.8) is 0 Å². The van der Waals surface area contributed by atoms with Crippen molar-refractivity contribution in [2.45, 2.75) is 32.7 Å². The van der Waals surface area contributed by atoms with Crippen LogP contribution in [0.5, 0.6) is 0 Å². The molecule has 0 saturated carbocycles. The first-order valence-corrected chi connectivity index (χ1v) is 10.5. The van der Waals surface area contributed by atoms with E-state index in [0.29, 0.717) is 22.2 Å². The average Bonchev–Trinajstić information content (AvgIpc) is 3.14. The number of halogens is 1. The van der Waals surface area contributed by atoms with Crippen LogP contribution in [0.3, 0.4) is 0 Å². The molecule has 28 heavy (non-hydrogen) atoms. The maximum atomic E-state index is 12.7. The van der Waals surface area contributed by atoms with Crippen molar-refractivity contribution in [1.82, 2.24) is 20.6 Å². The molecule has 0 fully saturated rings. The van der Waals surface area contributed by atoms with Gasteiger partial charge in [0, 0.05) is 11.9 Å². The fourth-order valence-corrected chi connectivity index (χ4v) is 4.02. The Morgan fingerprint density at radius 2 is 1.79 bits per heavy atom. The van der Waals surface area contributed by atoms with Gasteiger partial charge in [-0.15, -0.1) is 11.3 Å². The highest BCUT2D eigenvalue weighted by Gasteiger charge is 2.18. The van der Waals surface area contributed by atoms with Crippen LogP contribution in [0.15, 0.2) is 45.0 Å². The normalized spacial score (nSPS) is 10.8. The molecule has 0 bridgehead atoms. The lowest BCUT2D eigenvalue weighted by Crippen LogP contribution is -2.42. The second-order valence-electron chi connectivity index (χ2n) is 6.14. The molecule has 146 valence electrons. The summed E-state index contributed by atoms with van der Waals surface area (Å²) < 4.78 is 2.14. The monoisotopic (exact) mass is 462 g/mol. The molecule has 7 nitrogen and oxygen atoms in total. The van der Waals surface area contributed by atoms with E-state index in [1.165, 1.54) is 16.0 Å². The van der Waals surface area contributed by atoms with E-state index in [0.717, 1.165) is 23.0 Å². The summed E-state index contributed by atoms with van der Waals surface area (Å²) in [5, 5.41) is 5.14. The van der Waals surface area contributed by atoms with E-state index in [-0.39, 0.29) is 11.3 Å². The van der Waals surface area contributed by atoms with E-state index < -0.39 is 11.8 Å². The number of aryl methyl sites for hydroxylation is 1. The van der Waals surface area contributed by atoms with Crippen LogP contribution in [0, 0.1) is 0 Å². The Hall–Kier alpha value is -2.52. The van der Waals surface area contributed by atoms with Gasteiger partial charge >= 0.3 is 0 Å². The number of rotatable bonds is 6. The van der Waals surface area contributed by atoms with Gasteiger partial charge in [0.1, 0.15) is 0 Å². The Bertz CT molecular complexity index is 1080. The molecule has 0 aliphatic heterocycles. The quantitative estimate of drug-likeness (QED) is 0.433. The molecular formula is C19H19BrN4O3S. The van der Waals surface area contributed by atoms with E-state index in [1.54, 1.807) is 36.4 Å². The van der Waals surface area contributed by atoms with Gasteiger partial charge in [-0.25, -0.2) is 4.68 Å². The van der Waals surface area contributed by atoms with Gasteiger partial charge in [-0.05, 0) is 40.5 Å². The number of thiophene rings is 1. The zero-order chi connectivity index (χ0) is 20.1. The molecule has 2 N–H and O–H groups in total. The number of nitrogens with one attached hydrogen (secondary N) is 2. The maximum Gasteiger partial charge on any atom is 0.290 e. The first-order valence-electron chi connectivity index (χ1n) is 8.87. The summed E-state index contributed by atoms with van der Waals surface area (Å²) in [6.07, 6.45) is 2.78. The van der Waals surface area contributed by atoms with Gasteiger partial charge < -0.3 is 0 Å². The average molecular weight is 463 g/mol. The van der Waals surface area contributed by atoms with Crippen LogP contribution in [0.4, 0.5) is 0 Å². The number of hydrogen-bond donors (Lipinski definition) is 2. The van der Waals surface area contributed by atoms with E-state index >= 15 is 0 Å². The van der Waals surface area contributed by atoms with E-state index in [4.69, 9.17) is 0 Å². The molecule has 9 heteroatoms. The highest BCUT2D eigenvalue weighted by molar-refractivity contribution is 9.11. The van der Waals surface area contributed by atoms with Crippen LogP contribution in [-0.4, -0.2) is 21.6 Å². The highest BCUT2D eigenvalue weighted by Crippen LogP contribution is 2.21. The molecule has 2 aromatic heterocycles. The number of carbonyl (C=O) groups is 2. The van der Waals surface area contributed by atoms with Crippen LogP contribution in [0.1, 0.15) is 46.3 Å². The second-order valence-corrected chi connectivity index (χ2v) is 8.60. The summed E-state index contributed by atoms with van der Waals surface area (Å²) in [6.45, 7) is 2.51. The van der Waals surface area contributed by atoms with E-state index in [1.807, 2.05) is 0 Å². The number of hydrazine groups is 1. The van der Waals surface area contributed by atoms with Crippen LogP contribution < -0.4 is 16.4 Å². The molecule has 1 aromatic carbocycles. The Balaban J connectivity index is 1.85. The number of hydrogen-bond acceptors (Lipinski definition) is 5. The van der Waals surface area contributed by atoms with Gasteiger partial charge in [-0.1, -0.05) is 38.0 Å². The van der Waals surface area contributed by atoms with Gasteiger partial charge in [-0.2, -0.15) is 5.10 Å². The van der Waals surface area contributed by atoms with Crippen LogP contribution in [0.25, 0.3) is 10.8 Å². The minimum absolute atomic E-state index is 0.0966. The molecule has 2 heterocycles.